The highest BCUT2D eigenvalue weighted by Crippen LogP contribution is 2.25. The van der Waals surface area contributed by atoms with Crippen LogP contribution in [-0.4, -0.2) is 13.0 Å². The lowest BCUT2D eigenvalue weighted by atomic mass is 10.1. The monoisotopic (exact) mass is 274 g/mol. The molecule has 0 spiro atoms. The molecule has 76 valence electrons. The van der Waals surface area contributed by atoms with Gasteiger partial charge in [-0.05, 0) is 25.1 Å². The van der Waals surface area contributed by atoms with Gasteiger partial charge in [0.25, 0.3) is 0 Å². The Morgan fingerprint density at radius 1 is 1.57 bits per heavy atom. The summed E-state index contributed by atoms with van der Waals surface area (Å²) in [5.74, 6) is 1.40. The normalized spacial score (nSPS) is 11.6. The number of benzene rings is 1. The van der Waals surface area contributed by atoms with Gasteiger partial charge >= 0.3 is 0 Å². The Hall–Kier alpha value is -0.470. The van der Waals surface area contributed by atoms with Crippen molar-refractivity contribution in [2.45, 2.75) is 6.92 Å². The van der Waals surface area contributed by atoms with Crippen LogP contribution in [0.5, 0.6) is 5.75 Å². The largest absolute Gasteiger partial charge is 0.496 e. The molecule has 1 rings (SSSR count). The minimum atomic E-state index is 0.537. The Kier molecular flexibility index (Phi) is 4.49. The Morgan fingerprint density at radius 3 is 2.86 bits per heavy atom. The summed E-state index contributed by atoms with van der Waals surface area (Å²) in [6.07, 6.45) is 2.02. The first kappa shape index (κ1) is 11.6. The van der Waals surface area contributed by atoms with Crippen LogP contribution in [-0.2, 0) is 0 Å². The molecule has 0 N–H and O–H groups in total. The zero-order chi connectivity index (χ0) is 10.6. The summed E-state index contributed by atoms with van der Waals surface area (Å²) in [7, 11) is 1.66. The molecule has 0 saturated heterocycles. The Labute approximate surface area is 97.9 Å². The van der Waals surface area contributed by atoms with E-state index in [1.807, 2.05) is 31.2 Å². The molecule has 0 atom stereocenters. The first-order chi connectivity index (χ1) is 6.67. The third-order valence-corrected chi connectivity index (χ3v) is 2.72. The topological polar surface area (TPSA) is 9.23 Å². The maximum Gasteiger partial charge on any atom is 0.126 e. The second-order valence-electron chi connectivity index (χ2n) is 3.01. The highest BCUT2D eigenvalue weighted by molar-refractivity contribution is 9.10. The molecule has 0 aliphatic heterocycles. The van der Waals surface area contributed by atoms with Gasteiger partial charge in [0.2, 0.25) is 0 Å². The van der Waals surface area contributed by atoms with Crippen molar-refractivity contribution in [2.75, 3.05) is 13.0 Å². The van der Waals surface area contributed by atoms with Crippen molar-refractivity contribution in [1.82, 2.24) is 0 Å². The third kappa shape index (κ3) is 3.03. The average molecular weight is 276 g/mol. The van der Waals surface area contributed by atoms with Gasteiger partial charge in [-0.15, -0.1) is 11.6 Å². The lowest BCUT2D eigenvalue weighted by Crippen LogP contribution is -1.87. The first-order valence-corrected chi connectivity index (χ1v) is 5.57. The van der Waals surface area contributed by atoms with Gasteiger partial charge in [-0.1, -0.05) is 27.6 Å². The lowest BCUT2D eigenvalue weighted by molar-refractivity contribution is 0.413. The predicted octanol–water partition coefficient (Wildman–Crippen LogP) is 4.10. The summed E-state index contributed by atoms with van der Waals surface area (Å²) >= 11 is 9.14. The SMILES string of the molecule is COc1ccc(Br)cc1/C=C(/C)CCl. The molecule has 0 aromatic heterocycles. The first-order valence-electron chi connectivity index (χ1n) is 4.24. The number of halogens is 2. The minimum Gasteiger partial charge on any atom is -0.496 e. The van der Waals surface area contributed by atoms with E-state index in [0.29, 0.717) is 5.88 Å². The summed E-state index contributed by atoms with van der Waals surface area (Å²) in [5, 5.41) is 0. The van der Waals surface area contributed by atoms with Crippen molar-refractivity contribution in [3.8, 4) is 5.75 Å². The number of hydrogen-bond donors (Lipinski definition) is 0. The van der Waals surface area contributed by atoms with Crippen LogP contribution in [0.1, 0.15) is 12.5 Å². The molecule has 0 fully saturated rings. The fraction of sp³-hybridized carbons (Fsp3) is 0.273. The minimum absolute atomic E-state index is 0.537. The number of methoxy groups -OCH3 is 1. The lowest BCUT2D eigenvalue weighted by Gasteiger charge is -2.05. The molecular weight excluding hydrogens is 263 g/mol. The Morgan fingerprint density at radius 2 is 2.29 bits per heavy atom. The molecule has 1 aromatic rings. The summed E-state index contributed by atoms with van der Waals surface area (Å²) in [6.45, 7) is 1.99. The van der Waals surface area contributed by atoms with Crippen molar-refractivity contribution in [2.24, 2.45) is 0 Å². The maximum absolute atomic E-state index is 5.72. The number of allylic oxidation sites excluding steroid dienone is 1. The van der Waals surface area contributed by atoms with E-state index < -0.39 is 0 Å². The zero-order valence-electron chi connectivity index (χ0n) is 8.18. The molecule has 0 aliphatic rings. The molecule has 14 heavy (non-hydrogen) atoms. The van der Waals surface area contributed by atoms with Gasteiger partial charge in [-0.2, -0.15) is 0 Å². The Bertz CT molecular complexity index is 347. The van der Waals surface area contributed by atoms with Crippen molar-refractivity contribution < 1.29 is 4.74 Å². The third-order valence-electron chi connectivity index (χ3n) is 1.80. The van der Waals surface area contributed by atoms with Gasteiger partial charge in [0.15, 0.2) is 0 Å². The van der Waals surface area contributed by atoms with Crippen LogP contribution >= 0.6 is 27.5 Å². The van der Waals surface area contributed by atoms with Crippen LogP contribution in [0.25, 0.3) is 6.08 Å². The second-order valence-corrected chi connectivity index (χ2v) is 4.19. The molecule has 0 saturated carbocycles. The van der Waals surface area contributed by atoms with Crippen molar-refractivity contribution >= 4 is 33.6 Å². The highest BCUT2D eigenvalue weighted by atomic mass is 79.9. The van der Waals surface area contributed by atoms with Gasteiger partial charge in [0.05, 0.1) is 7.11 Å². The van der Waals surface area contributed by atoms with Crippen LogP contribution in [0.3, 0.4) is 0 Å². The van der Waals surface area contributed by atoms with E-state index in [-0.39, 0.29) is 0 Å². The van der Waals surface area contributed by atoms with Gasteiger partial charge < -0.3 is 4.74 Å². The molecule has 0 bridgehead atoms. The van der Waals surface area contributed by atoms with Gasteiger partial charge in [0, 0.05) is 15.9 Å². The fourth-order valence-corrected chi connectivity index (χ4v) is 1.58. The number of alkyl halides is 1. The molecule has 3 heteroatoms. The van der Waals surface area contributed by atoms with E-state index in [9.17, 15) is 0 Å². The number of ether oxygens (including phenoxy) is 1. The van der Waals surface area contributed by atoms with E-state index >= 15 is 0 Å². The van der Waals surface area contributed by atoms with E-state index in [1.165, 1.54) is 0 Å². The van der Waals surface area contributed by atoms with Gasteiger partial charge in [0.1, 0.15) is 5.75 Å². The molecule has 0 radical (unpaired) electrons. The van der Waals surface area contributed by atoms with Crippen LogP contribution in [0.4, 0.5) is 0 Å². The predicted molar refractivity (Wildman–Crippen MR) is 65.1 cm³/mol. The smallest absolute Gasteiger partial charge is 0.126 e. The molecule has 1 aromatic carbocycles. The average Bonchev–Trinajstić information content (AvgIpc) is 2.18. The quantitative estimate of drug-likeness (QED) is 0.755. The summed E-state index contributed by atoms with van der Waals surface area (Å²) < 4.78 is 6.27. The number of rotatable bonds is 3. The van der Waals surface area contributed by atoms with Crippen LogP contribution in [0.15, 0.2) is 28.2 Å². The molecule has 1 nitrogen and oxygen atoms in total. The van der Waals surface area contributed by atoms with E-state index in [1.54, 1.807) is 7.11 Å². The Balaban J connectivity index is 3.11. The molecule has 0 heterocycles. The fourth-order valence-electron chi connectivity index (χ4n) is 1.12. The maximum atomic E-state index is 5.72. The molecule has 0 aliphatic carbocycles. The second kappa shape index (κ2) is 5.42. The van der Waals surface area contributed by atoms with E-state index in [0.717, 1.165) is 21.4 Å². The number of hydrogen-bond acceptors (Lipinski definition) is 1. The van der Waals surface area contributed by atoms with Crippen molar-refractivity contribution in [1.29, 1.82) is 0 Å². The van der Waals surface area contributed by atoms with Crippen LogP contribution < -0.4 is 4.74 Å². The highest BCUT2D eigenvalue weighted by Gasteiger charge is 2.00. The molecule has 0 unspecified atom stereocenters. The van der Waals surface area contributed by atoms with Gasteiger partial charge in [-0.25, -0.2) is 0 Å². The molecular formula is C11H12BrClO. The summed E-state index contributed by atoms with van der Waals surface area (Å²) in [4.78, 5) is 0. The van der Waals surface area contributed by atoms with Crippen molar-refractivity contribution in [3.63, 3.8) is 0 Å². The standard InChI is InChI=1S/C11H12BrClO/c1-8(7-13)5-9-6-10(12)3-4-11(9)14-2/h3-6H,7H2,1-2H3/b8-5-. The van der Waals surface area contributed by atoms with Crippen molar-refractivity contribution in [3.05, 3.63) is 33.8 Å². The van der Waals surface area contributed by atoms with Gasteiger partial charge in [-0.3, -0.25) is 0 Å². The summed E-state index contributed by atoms with van der Waals surface area (Å²) in [6, 6.07) is 5.89. The van der Waals surface area contributed by atoms with E-state index in [2.05, 4.69) is 15.9 Å². The van der Waals surface area contributed by atoms with E-state index in [4.69, 9.17) is 16.3 Å². The molecule has 0 amide bonds. The van der Waals surface area contributed by atoms with Crippen LogP contribution in [0, 0.1) is 0 Å². The zero-order valence-corrected chi connectivity index (χ0v) is 10.5. The van der Waals surface area contributed by atoms with Crippen LogP contribution in [0.2, 0.25) is 0 Å². The summed E-state index contributed by atoms with van der Waals surface area (Å²) in [5.41, 5.74) is 2.16.